The van der Waals surface area contributed by atoms with Crippen molar-refractivity contribution in [3.8, 4) is 16.9 Å². The van der Waals surface area contributed by atoms with Gasteiger partial charge in [-0.3, -0.25) is 4.57 Å². The van der Waals surface area contributed by atoms with E-state index in [-0.39, 0.29) is 0 Å². The van der Waals surface area contributed by atoms with Crippen LogP contribution in [0.1, 0.15) is 0 Å². The molecule has 0 atom stereocenters. The first-order chi connectivity index (χ1) is 10.4. The third-order valence-electron chi connectivity index (χ3n) is 3.33. The van der Waals surface area contributed by atoms with E-state index < -0.39 is 0 Å². The molecule has 4 aromatic heterocycles. The van der Waals surface area contributed by atoms with Crippen molar-refractivity contribution in [1.29, 1.82) is 0 Å². The van der Waals surface area contributed by atoms with Gasteiger partial charge in [-0.15, -0.1) is 0 Å². The number of nitrogens with zero attached hydrogens (tertiary/aromatic N) is 5. The Labute approximate surface area is 121 Å². The van der Waals surface area contributed by atoms with Crippen LogP contribution in [-0.2, 0) is 0 Å². The highest BCUT2D eigenvalue weighted by molar-refractivity contribution is 5.94. The largest absolute Gasteiger partial charge is 0.285 e. The summed E-state index contributed by atoms with van der Waals surface area (Å²) < 4.78 is 1.98. The van der Waals surface area contributed by atoms with E-state index in [1.807, 2.05) is 41.1 Å². The van der Waals surface area contributed by atoms with Crippen LogP contribution >= 0.6 is 0 Å². The van der Waals surface area contributed by atoms with Gasteiger partial charge in [-0.1, -0.05) is 6.07 Å². The SMILES string of the molecule is c1ccc(-n2cc(-c3cncnc3)c3cccnc32)nc1. The van der Waals surface area contributed by atoms with Crippen molar-refractivity contribution in [2.75, 3.05) is 0 Å². The molecule has 0 unspecified atom stereocenters. The number of fused-ring (bicyclic) bond motifs is 1. The molecule has 0 N–H and O–H groups in total. The molecule has 0 bridgehead atoms. The van der Waals surface area contributed by atoms with Crippen molar-refractivity contribution in [2.45, 2.75) is 0 Å². The standard InChI is InChI=1S/C16H11N5/c1-2-6-19-15(5-1)21-10-14(12-8-17-11-18-9-12)13-4-3-7-20-16(13)21/h1-11H. The van der Waals surface area contributed by atoms with Crippen molar-refractivity contribution < 1.29 is 0 Å². The van der Waals surface area contributed by atoms with E-state index in [1.54, 1.807) is 24.8 Å². The molecule has 0 spiro atoms. The van der Waals surface area contributed by atoms with Crippen LogP contribution in [0.4, 0.5) is 0 Å². The maximum Gasteiger partial charge on any atom is 0.146 e. The second kappa shape index (κ2) is 4.79. The quantitative estimate of drug-likeness (QED) is 0.563. The first-order valence-corrected chi connectivity index (χ1v) is 6.56. The lowest BCUT2D eigenvalue weighted by Crippen LogP contribution is -1.95. The van der Waals surface area contributed by atoms with Crippen LogP contribution in [0.5, 0.6) is 0 Å². The minimum absolute atomic E-state index is 0.837. The number of pyridine rings is 2. The van der Waals surface area contributed by atoms with E-state index in [4.69, 9.17) is 0 Å². The fourth-order valence-electron chi connectivity index (χ4n) is 2.40. The first kappa shape index (κ1) is 11.7. The van der Waals surface area contributed by atoms with Crippen molar-refractivity contribution in [2.24, 2.45) is 0 Å². The summed E-state index contributed by atoms with van der Waals surface area (Å²) in [4.78, 5) is 17.1. The molecule has 0 radical (unpaired) electrons. The normalized spacial score (nSPS) is 10.9. The number of aromatic nitrogens is 5. The third-order valence-corrected chi connectivity index (χ3v) is 3.33. The second-order valence-corrected chi connectivity index (χ2v) is 4.60. The average molecular weight is 273 g/mol. The van der Waals surface area contributed by atoms with Gasteiger partial charge in [-0.05, 0) is 24.3 Å². The van der Waals surface area contributed by atoms with Gasteiger partial charge in [0.2, 0.25) is 0 Å². The summed E-state index contributed by atoms with van der Waals surface area (Å²) in [6.45, 7) is 0. The smallest absolute Gasteiger partial charge is 0.146 e. The van der Waals surface area contributed by atoms with Gasteiger partial charge >= 0.3 is 0 Å². The highest BCUT2D eigenvalue weighted by Gasteiger charge is 2.12. The molecule has 0 aliphatic rings. The van der Waals surface area contributed by atoms with Crippen LogP contribution in [0.15, 0.2) is 67.6 Å². The van der Waals surface area contributed by atoms with E-state index in [0.29, 0.717) is 0 Å². The monoisotopic (exact) mass is 273 g/mol. The molecule has 0 aliphatic carbocycles. The van der Waals surface area contributed by atoms with Gasteiger partial charge in [0.25, 0.3) is 0 Å². The molecular formula is C16H11N5. The zero-order valence-electron chi connectivity index (χ0n) is 11.1. The molecule has 0 aromatic carbocycles. The average Bonchev–Trinajstić information content (AvgIpc) is 2.96. The fourth-order valence-corrected chi connectivity index (χ4v) is 2.40. The first-order valence-electron chi connectivity index (χ1n) is 6.56. The Morgan fingerprint density at radius 1 is 0.857 bits per heavy atom. The van der Waals surface area contributed by atoms with Crippen molar-refractivity contribution in [3.63, 3.8) is 0 Å². The van der Waals surface area contributed by atoms with Crippen LogP contribution in [0.25, 0.3) is 28.0 Å². The predicted octanol–water partition coefficient (Wildman–Crippen LogP) is 2.88. The van der Waals surface area contributed by atoms with Crippen LogP contribution in [0.2, 0.25) is 0 Å². The van der Waals surface area contributed by atoms with E-state index >= 15 is 0 Å². The molecule has 5 heteroatoms. The minimum Gasteiger partial charge on any atom is -0.285 e. The van der Waals surface area contributed by atoms with E-state index in [0.717, 1.165) is 28.0 Å². The molecule has 0 aliphatic heterocycles. The fraction of sp³-hybridized carbons (Fsp3) is 0. The molecule has 4 aromatic rings. The Bertz CT molecular complexity index is 811. The zero-order chi connectivity index (χ0) is 14.1. The highest BCUT2D eigenvalue weighted by Crippen LogP contribution is 2.30. The summed E-state index contributed by atoms with van der Waals surface area (Å²) in [5, 5.41) is 1.05. The minimum atomic E-state index is 0.837. The van der Waals surface area contributed by atoms with Crippen LogP contribution < -0.4 is 0 Å². The van der Waals surface area contributed by atoms with E-state index in [9.17, 15) is 0 Å². The Hall–Kier alpha value is -3.08. The van der Waals surface area contributed by atoms with Crippen LogP contribution in [0.3, 0.4) is 0 Å². The molecule has 0 fully saturated rings. The molecule has 4 rings (SSSR count). The summed E-state index contributed by atoms with van der Waals surface area (Å²) in [6.07, 6.45) is 10.7. The van der Waals surface area contributed by atoms with E-state index in [2.05, 4.69) is 19.9 Å². The summed E-state index contributed by atoms with van der Waals surface area (Å²) in [7, 11) is 0. The Balaban J connectivity index is 2.02. The predicted molar refractivity (Wildman–Crippen MR) is 79.9 cm³/mol. The zero-order valence-corrected chi connectivity index (χ0v) is 11.1. The molecule has 0 saturated carbocycles. The third kappa shape index (κ3) is 1.95. The molecule has 5 nitrogen and oxygen atoms in total. The lowest BCUT2D eigenvalue weighted by Gasteiger charge is -2.01. The Kier molecular flexibility index (Phi) is 2.67. The Morgan fingerprint density at radius 2 is 1.71 bits per heavy atom. The lowest BCUT2D eigenvalue weighted by molar-refractivity contribution is 1.02. The van der Waals surface area contributed by atoms with Crippen molar-refractivity contribution >= 4 is 11.0 Å². The van der Waals surface area contributed by atoms with Crippen molar-refractivity contribution in [1.82, 2.24) is 24.5 Å². The molecule has 0 saturated heterocycles. The van der Waals surface area contributed by atoms with Crippen LogP contribution in [0, 0.1) is 0 Å². The van der Waals surface area contributed by atoms with E-state index in [1.165, 1.54) is 6.33 Å². The van der Waals surface area contributed by atoms with Gasteiger partial charge in [0.15, 0.2) is 0 Å². The van der Waals surface area contributed by atoms with Crippen LogP contribution in [-0.4, -0.2) is 24.5 Å². The van der Waals surface area contributed by atoms with Crippen molar-refractivity contribution in [3.05, 3.63) is 67.6 Å². The van der Waals surface area contributed by atoms with Gasteiger partial charge in [0.1, 0.15) is 17.8 Å². The molecule has 4 heterocycles. The Morgan fingerprint density at radius 3 is 2.52 bits per heavy atom. The molecule has 0 amide bonds. The van der Waals surface area contributed by atoms with Gasteiger partial charge in [0, 0.05) is 47.5 Å². The topological polar surface area (TPSA) is 56.5 Å². The number of rotatable bonds is 2. The summed E-state index contributed by atoms with van der Waals surface area (Å²) in [5.74, 6) is 0.837. The molecule has 100 valence electrons. The summed E-state index contributed by atoms with van der Waals surface area (Å²) in [6, 6.07) is 9.79. The van der Waals surface area contributed by atoms with Gasteiger partial charge in [-0.2, -0.15) is 0 Å². The molecular weight excluding hydrogens is 262 g/mol. The summed E-state index contributed by atoms with van der Waals surface area (Å²) in [5.41, 5.74) is 2.88. The van der Waals surface area contributed by atoms with Gasteiger partial charge in [-0.25, -0.2) is 19.9 Å². The van der Waals surface area contributed by atoms with Gasteiger partial charge < -0.3 is 0 Å². The maximum atomic E-state index is 4.49. The molecule has 21 heavy (non-hydrogen) atoms. The number of hydrogen-bond acceptors (Lipinski definition) is 4. The van der Waals surface area contributed by atoms with Gasteiger partial charge in [0.05, 0.1) is 0 Å². The summed E-state index contributed by atoms with van der Waals surface area (Å²) >= 11 is 0. The highest BCUT2D eigenvalue weighted by atomic mass is 15.1. The second-order valence-electron chi connectivity index (χ2n) is 4.60. The lowest BCUT2D eigenvalue weighted by atomic mass is 10.1. The number of hydrogen-bond donors (Lipinski definition) is 0. The maximum absolute atomic E-state index is 4.49.